The van der Waals surface area contributed by atoms with E-state index in [2.05, 4.69) is 31.9 Å². The molecule has 0 spiro atoms. The van der Waals surface area contributed by atoms with Crippen LogP contribution in [0.4, 0.5) is 0 Å². The first kappa shape index (κ1) is 23.6. The van der Waals surface area contributed by atoms with Crippen LogP contribution in [-0.4, -0.2) is 31.6 Å². The van der Waals surface area contributed by atoms with Crippen LogP contribution in [0.1, 0.15) is 33.3 Å². The average molecular weight is 599 g/mol. The first-order chi connectivity index (χ1) is 16.9. The lowest BCUT2D eigenvalue weighted by molar-refractivity contribution is 0.0730. The zero-order valence-electron chi connectivity index (χ0n) is 19.0. The van der Waals surface area contributed by atoms with Crippen LogP contribution < -0.4 is 14.9 Å². The maximum Gasteiger partial charge on any atom is 0.290 e. The molecule has 2 heterocycles. The summed E-state index contributed by atoms with van der Waals surface area (Å²) in [5.74, 6) is 1.06. The summed E-state index contributed by atoms with van der Waals surface area (Å²) < 4.78 is 18.4. The minimum atomic E-state index is -0.560. The van der Waals surface area contributed by atoms with Crippen molar-refractivity contribution in [3.63, 3.8) is 0 Å². The number of ether oxygens (including phenoxy) is 2. The van der Waals surface area contributed by atoms with E-state index in [1.807, 2.05) is 42.5 Å². The molecule has 8 heteroatoms. The first-order valence-electron chi connectivity index (χ1n) is 10.9. The van der Waals surface area contributed by atoms with Crippen LogP contribution in [0.2, 0.25) is 0 Å². The third-order valence-corrected chi connectivity index (χ3v) is 7.17. The number of rotatable bonds is 6. The van der Waals surface area contributed by atoms with Crippen molar-refractivity contribution < 1.29 is 18.7 Å². The Kier molecular flexibility index (Phi) is 6.42. The minimum Gasteiger partial charge on any atom is -0.493 e. The molecule has 1 aliphatic heterocycles. The number of hydrogen-bond donors (Lipinski definition) is 0. The molecule has 35 heavy (non-hydrogen) atoms. The molecule has 0 bridgehead atoms. The third kappa shape index (κ3) is 4.25. The van der Waals surface area contributed by atoms with E-state index >= 15 is 0 Å². The fourth-order valence-corrected chi connectivity index (χ4v) is 5.31. The molecule has 6 nitrogen and oxygen atoms in total. The topological polar surface area (TPSA) is 69.0 Å². The van der Waals surface area contributed by atoms with E-state index in [0.29, 0.717) is 41.0 Å². The Labute approximate surface area is 218 Å². The summed E-state index contributed by atoms with van der Waals surface area (Å²) in [5, 5.41) is 0.438. The molecule has 0 aliphatic carbocycles. The Morgan fingerprint density at radius 2 is 1.69 bits per heavy atom. The summed E-state index contributed by atoms with van der Waals surface area (Å²) in [6, 6.07) is 18.0. The highest BCUT2D eigenvalue weighted by molar-refractivity contribution is 9.10. The zero-order chi connectivity index (χ0) is 24.7. The van der Waals surface area contributed by atoms with Crippen LogP contribution in [-0.2, 0) is 6.42 Å². The third-order valence-electron chi connectivity index (χ3n) is 6.18. The van der Waals surface area contributed by atoms with E-state index in [0.717, 1.165) is 20.1 Å². The van der Waals surface area contributed by atoms with Crippen molar-refractivity contribution >= 4 is 48.7 Å². The Balaban J connectivity index is 1.59. The van der Waals surface area contributed by atoms with E-state index in [1.54, 1.807) is 37.3 Å². The van der Waals surface area contributed by atoms with E-state index in [4.69, 9.17) is 13.9 Å². The molecule has 1 aromatic heterocycles. The highest BCUT2D eigenvalue weighted by Gasteiger charge is 2.42. The van der Waals surface area contributed by atoms with Gasteiger partial charge in [0.15, 0.2) is 16.9 Å². The summed E-state index contributed by atoms with van der Waals surface area (Å²) in [7, 11) is 3.18. The average Bonchev–Trinajstić information content (AvgIpc) is 3.14. The van der Waals surface area contributed by atoms with Crippen molar-refractivity contribution in [1.29, 1.82) is 0 Å². The van der Waals surface area contributed by atoms with Gasteiger partial charge >= 0.3 is 0 Å². The van der Waals surface area contributed by atoms with Crippen LogP contribution in [0.3, 0.4) is 0 Å². The van der Waals surface area contributed by atoms with Crippen molar-refractivity contribution in [3.05, 3.63) is 102 Å². The van der Waals surface area contributed by atoms with Crippen LogP contribution in [0.15, 0.2) is 78.8 Å². The molecule has 1 unspecified atom stereocenters. The maximum atomic E-state index is 13.7. The summed E-state index contributed by atoms with van der Waals surface area (Å²) in [5.41, 5.74) is 2.37. The molecule has 1 amide bonds. The number of nitrogens with zero attached hydrogens (tertiary/aromatic N) is 1. The van der Waals surface area contributed by atoms with Gasteiger partial charge in [0.1, 0.15) is 5.58 Å². The molecule has 178 valence electrons. The minimum absolute atomic E-state index is 0.0992. The molecule has 0 saturated carbocycles. The highest BCUT2D eigenvalue weighted by atomic mass is 79.9. The summed E-state index contributed by atoms with van der Waals surface area (Å²) in [4.78, 5) is 29.0. The number of hydrogen-bond acceptors (Lipinski definition) is 5. The fourth-order valence-electron chi connectivity index (χ4n) is 4.53. The second-order valence-corrected chi connectivity index (χ2v) is 10.0. The van der Waals surface area contributed by atoms with E-state index in [9.17, 15) is 9.59 Å². The number of methoxy groups -OCH3 is 2. The molecule has 5 rings (SSSR count). The number of halogens is 2. The van der Waals surface area contributed by atoms with Gasteiger partial charge < -0.3 is 18.8 Å². The van der Waals surface area contributed by atoms with Crippen molar-refractivity contribution in [2.75, 3.05) is 20.8 Å². The van der Waals surface area contributed by atoms with E-state index in [1.165, 1.54) is 0 Å². The van der Waals surface area contributed by atoms with Gasteiger partial charge in [0.25, 0.3) is 5.91 Å². The Morgan fingerprint density at radius 3 is 2.43 bits per heavy atom. The van der Waals surface area contributed by atoms with Crippen LogP contribution >= 0.6 is 31.9 Å². The lowest BCUT2D eigenvalue weighted by atomic mass is 9.98. The van der Waals surface area contributed by atoms with Gasteiger partial charge in [-0.1, -0.05) is 50.1 Å². The fraction of sp³-hybridized carbons (Fsp3) is 0.185. The summed E-state index contributed by atoms with van der Waals surface area (Å²) in [6.07, 6.45) is 0.559. The van der Waals surface area contributed by atoms with Gasteiger partial charge in [-0.3, -0.25) is 9.59 Å². The molecule has 1 atom stereocenters. The molecule has 0 fully saturated rings. The normalized spacial score (nSPS) is 14.9. The number of fused-ring (bicyclic) bond motifs is 2. The Morgan fingerprint density at radius 1 is 0.914 bits per heavy atom. The van der Waals surface area contributed by atoms with Gasteiger partial charge in [0.2, 0.25) is 5.76 Å². The van der Waals surface area contributed by atoms with Crippen molar-refractivity contribution in [2.45, 2.75) is 12.5 Å². The van der Waals surface area contributed by atoms with E-state index in [-0.39, 0.29) is 17.1 Å². The van der Waals surface area contributed by atoms with Crippen LogP contribution in [0.25, 0.3) is 11.0 Å². The Hall–Kier alpha value is -3.10. The smallest absolute Gasteiger partial charge is 0.290 e. The molecule has 0 saturated heterocycles. The standard InChI is InChI=1S/C27H21Br2NO5/c1-33-21-8-6-15(12-22(21)34-2)10-11-30-24(16-4-3-5-17(28)13-16)23-25(31)19-14-18(29)7-9-20(19)35-26(23)27(30)32/h3-9,12-14,24H,10-11H2,1-2H3. The van der Waals surface area contributed by atoms with E-state index < -0.39 is 6.04 Å². The van der Waals surface area contributed by atoms with Crippen molar-refractivity contribution in [2.24, 2.45) is 0 Å². The SMILES string of the molecule is COc1ccc(CCN2C(=O)c3oc4ccc(Br)cc4c(=O)c3C2c2cccc(Br)c2)cc1OC. The predicted octanol–water partition coefficient (Wildman–Crippen LogP) is 6.12. The lowest BCUT2D eigenvalue weighted by Crippen LogP contribution is -2.31. The molecule has 1 aliphatic rings. The van der Waals surface area contributed by atoms with Gasteiger partial charge in [-0.2, -0.15) is 0 Å². The van der Waals surface area contributed by atoms with Gasteiger partial charge in [-0.25, -0.2) is 0 Å². The second kappa shape index (κ2) is 9.51. The highest BCUT2D eigenvalue weighted by Crippen LogP contribution is 2.39. The van der Waals surface area contributed by atoms with Crippen LogP contribution in [0.5, 0.6) is 11.5 Å². The largest absolute Gasteiger partial charge is 0.493 e. The predicted molar refractivity (Wildman–Crippen MR) is 140 cm³/mol. The first-order valence-corrected chi connectivity index (χ1v) is 12.5. The Bertz CT molecular complexity index is 1510. The zero-order valence-corrected chi connectivity index (χ0v) is 22.2. The molecular weight excluding hydrogens is 578 g/mol. The number of amides is 1. The van der Waals surface area contributed by atoms with Gasteiger partial charge in [-0.15, -0.1) is 0 Å². The second-order valence-electron chi connectivity index (χ2n) is 8.21. The number of carbonyl (C=O) groups excluding carboxylic acids is 1. The van der Waals surface area contributed by atoms with Gasteiger partial charge in [0, 0.05) is 15.5 Å². The maximum absolute atomic E-state index is 13.7. The molecule has 0 radical (unpaired) electrons. The quantitative estimate of drug-likeness (QED) is 0.267. The van der Waals surface area contributed by atoms with Crippen molar-refractivity contribution in [1.82, 2.24) is 4.90 Å². The molecular formula is C27H21Br2NO5. The summed E-state index contributed by atoms with van der Waals surface area (Å²) in [6.45, 7) is 0.384. The number of carbonyl (C=O) groups is 1. The summed E-state index contributed by atoms with van der Waals surface area (Å²) >= 11 is 6.95. The molecule has 4 aromatic rings. The molecule has 3 aromatic carbocycles. The van der Waals surface area contributed by atoms with Crippen molar-refractivity contribution in [3.8, 4) is 11.5 Å². The number of benzene rings is 3. The lowest BCUT2D eigenvalue weighted by Gasteiger charge is -2.25. The monoisotopic (exact) mass is 597 g/mol. The van der Waals surface area contributed by atoms with Gasteiger partial charge in [0.05, 0.1) is 31.2 Å². The van der Waals surface area contributed by atoms with Crippen LogP contribution in [0, 0.1) is 0 Å². The molecule has 0 N–H and O–H groups in total. The van der Waals surface area contributed by atoms with Gasteiger partial charge in [-0.05, 0) is 60.0 Å².